The van der Waals surface area contributed by atoms with Crippen LogP contribution in [0, 0.1) is 0 Å². The van der Waals surface area contributed by atoms with Crippen molar-refractivity contribution >= 4 is 64.6 Å². The third kappa shape index (κ3) is 3.46. The van der Waals surface area contributed by atoms with Crippen LogP contribution in [0.25, 0.3) is 109 Å². The first kappa shape index (κ1) is 25.8. The Morgan fingerprint density at radius 2 is 0.708 bits per heavy atom. The van der Waals surface area contributed by atoms with Crippen molar-refractivity contribution in [2.75, 3.05) is 0 Å². The van der Waals surface area contributed by atoms with E-state index in [1.807, 2.05) is 12.4 Å². The normalized spacial score (nSPS) is 12.2. The lowest BCUT2D eigenvalue weighted by molar-refractivity contribution is 1.36. The summed E-state index contributed by atoms with van der Waals surface area (Å²) in [6.45, 7) is 0. The van der Waals surface area contributed by atoms with Crippen molar-refractivity contribution < 1.29 is 0 Å². The van der Waals surface area contributed by atoms with Gasteiger partial charge in [0.25, 0.3) is 0 Å². The Morgan fingerprint density at radius 1 is 0.271 bits per heavy atom. The van der Waals surface area contributed by atoms with E-state index in [2.05, 4.69) is 146 Å². The van der Waals surface area contributed by atoms with Gasteiger partial charge >= 0.3 is 0 Å². The average molecular weight is 607 g/mol. The number of nitrogens with zero attached hydrogens (tertiary/aromatic N) is 2. The van der Waals surface area contributed by atoms with Crippen LogP contribution in [0.5, 0.6) is 0 Å². The van der Waals surface area contributed by atoms with Gasteiger partial charge in [-0.1, -0.05) is 109 Å². The molecule has 0 saturated heterocycles. The zero-order valence-electron chi connectivity index (χ0n) is 25.9. The molecule has 8 aromatic carbocycles. The molecule has 0 spiro atoms. The molecule has 2 heterocycles. The van der Waals surface area contributed by atoms with E-state index >= 15 is 0 Å². The number of hydrogen-bond donors (Lipinski definition) is 0. The molecule has 1 aliphatic rings. The van der Waals surface area contributed by atoms with Crippen molar-refractivity contribution in [3.63, 3.8) is 0 Å². The lowest BCUT2D eigenvalue weighted by Crippen LogP contribution is -1.93. The van der Waals surface area contributed by atoms with Crippen molar-refractivity contribution in [1.29, 1.82) is 0 Å². The highest BCUT2D eigenvalue weighted by Crippen LogP contribution is 2.51. The molecule has 0 aliphatic heterocycles. The summed E-state index contributed by atoms with van der Waals surface area (Å²) in [5, 5.41) is 14.6. The number of hydrogen-bond acceptors (Lipinski definition) is 2. The van der Waals surface area contributed by atoms with E-state index in [4.69, 9.17) is 9.97 Å². The lowest BCUT2D eigenvalue weighted by atomic mass is 9.86. The second-order valence-electron chi connectivity index (χ2n) is 12.9. The molecule has 1 aliphatic carbocycles. The molecule has 0 amide bonds. The molecule has 10 aromatic rings. The number of benzene rings is 8. The third-order valence-electron chi connectivity index (χ3n) is 10.5. The van der Waals surface area contributed by atoms with Gasteiger partial charge in [-0.15, -0.1) is 0 Å². The van der Waals surface area contributed by atoms with E-state index < -0.39 is 0 Å². The Labute approximate surface area is 276 Å². The molecular weight excluding hydrogens is 581 g/mol. The fourth-order valence-electron chi connectivity index (χ4n) is 8.34. The van der Waals surface area contributed by atoms with Gasteiger partial charge in [-0.05, 0) is 113 Å². The van der Waals surface area contributed by atoms with Crippen LogP contribution in [-0.4, -0.2) is 9.97 Å². The summed E-state index contributed by atoms with van der Waals surface area (Å²) in [4.78, 5) is 10.1. The molecule has 0 radical (unpaired) electrons. The zero-order valence-corrected chi connectivity index (χ0v) is 25.9. The molecule has 0 atom stereocenters. The molecule has 0 saturated carbocycles. The van der Waals surface area contributed by atoms with Gasteiger partial charge in [0.2, 0.25) is 0 Å². The van der Waals surface area contributed by atoms with Gasteiger partial charge in [0.15, 0.2) is 0 Å². The second-order valence-corrected chi connectivity index (χ2v) is 12.9. The smallest absolute Gasteiger partial charge is 0.0786 e. The Bertz CT molecular complexity index is 2990. The van der Waals surface area contributed by atoms with Gasteiger partial charge < -0.3 is 0 Å². The SMILES string of the molecule is c1ccc2c(-c3cc4c5cc6c(cc5c(-c5nccc7ccccc57)cc4c4ccccc34)-c3cccc4cccc-6c34)nccc2c1. The number of rotatable bonds is 2. The van der Waals surface area contributed by atoms with E-state index in [0.717, 1.165) is 33.3 Å². The average Bonchev–Trinajstić information content (AvgIpc) is 3.47. The summed E-state index contributed by atoms with van der Waals surface area (Å²) < 4.78 is 0. The quantitative estimate of drug-likeness (QED) is 0.183. The molecule has 0 N–H and O–H groups in total. The monoisotopic (exact) mass is 606 g/mol. The topological polar surface area (TPSA) is 25.8 Å². The highest BCUT2D eigenvalue weighted by molar-refractivity contribution is 6.27. The molecular formula is C46H26N2. The maximum absolute atomic E-state index is 5.08. The molecule has 2 heteroatoms. The first-order chi connectivity index (χ1) is 23.8. The summed E-state index contributed by atoms with van der Waals surface area (Å²) in [6, 6.07) is 53.2. The van der Waals surface area contributed by atoms with E-state index in [1.54, 1.807) is 0 Å². The number of aromatic nitrogens is 2. The number of fused-ring (bicyclic) bond motifs is 10. The largest absolute Gasteiger partial charge is 0.256 e. The third-order valence-corrected chi connectivity index (χ3v) is 10.5. The molecule has 11 rings (SSSR count). The Balaban J connectivity index is 1.34. The molecule has 0 bridgehead atoms. The second kappa shape index (κ2) is 9.57. The summed E-state index contributed by atoms with van der Waals surface area (Å²) in [7, 11) is 0. The van der Waals surface area contributed by atoms with Crippen LogP contribution >= 0.6 is 0 Å². The minimum Gasteiger partial charge on any atom is -0.256 e. The maximum Gasteiger partial charge on any atom is 0.0786 e. The van der Waals surface area contributed by atoms with Gasteiger partial charge in [-0.2, -0.15) is 0 Å². The number of pyridine rings is 2. The Kier molecular flexibility index (Phi) is 5.14. The van der Waals surface area contributed by atoms with Crippen molar-refractivity contribution in [3.8, 4) is 44.8 Å². The lowest BCUT2D eigenvalue weighted by Gasteiger charge is -2.18. The van der Waals surface area contributed by atoms with E-state index in [-0.39, 0.29) is 0 Å². The highest BCUT2D eigenvalue weighted by Gasteiger charge is 2.25. The molecule has 48 heavy (non-hydrogen) atoms. The molecule has 0 unspecified atom stereocenters. The van der Waals surface area contributed by atoms with Crippen LogP contribution in [-0.2, 0) is 0 Å². The van der Waals surface area contributed by atoms with Crippen molar-refractivity contribution in [1.82, 2.24) is 9.97 Å². The van der Waals surface area contributed by atoms with Gasteiger partial charge in [-0.3, -0.25) is 9.97 Å². The predicted molar refractivity (Wildman–Crippen MR) is 202 cm³/mol. The van der Waals surface area contributed by atoms with Gasteiger partial charge in [-0.25, -0.2) is 0 Å². The summed E-state index contributed by atoms with van der Waals surface area (Å²) in [5.74, 6) is 0. The first-order valence-electron chi connectivity index (χ1n) is 16.5. The van der Waals surface area contributed by atoms with Crippen LogP contribution in [0.15, 0.2) is 158 Å². The zero-order chi connectivity index (χ0) is 31.3. The molecule has 2 aromatic heterocycles. The van der Waals surface area contributed by atoms with Gasteiger partial charge in [0.05, 0.1) is 11.4 Å². The van der Waals surface area contributed by atoms with Crippen LogP contribution in [0.4, 0.5) is 0 Å². The van der Waals surface area contributed by atoms with Gasteiger partial charge in [0.1, 0.15) is 0 Å². The first-order valence-corrected chi connectivity index (χ1v) is 16.5. The summed E-state index contributed by atoms with van der Waals surface area (Å²) in [6.07, 6.45) is 3.89. The minimum absolute atomic E-state index is 1.01. The predicted octanol–water partition coefficient (Wildman–Crippen LogP) is 12.4. The minimum atomic E-state index is 1.01. The molecule has 220 valence electrons. The van der Waals surface area contributed by atoms with Crippen LogP contribution in [0.2, 0.25) is 0 Å². The van der Waals surface area contributed by atoms with E-state index in [1.165, 1.54) is 76.1 Å². The Morgan fingerprint density at radius 3 is 1.33 bits per heavy atom. The van der Waals surface area contributed by atoms with Crippen molar-refractivity contribution in [2.24, 2.45) is 0 Å². The molecule has 0 fully saturated rings. The Hall–Kier alpha value is -6.38. The van der Waals surface area contributed by atoms with Crippen LogP contribution in [0.3, 0.4) is 0 Å². The summed E-state index contributed by atoms with van der Waals surface area (Å²) >= 11 is 0. The standard InChI is InChI=1S/C46H26N2/c1-3-13-30-27(9-1)19-21-47-45(30)42-26-40-36(32-15-5-6-16-33(32)42)25-43(46-31-14-4-2-10-28(31)20-22-48-46)41-24-38-35-18-8-12-29-11-7-17-34(44(29)35)37(38)23-39(40)41/h1-26H. The van der Waals surface area contributed by atoms with E-state index in [0.29, 0.717) is 0 Å². The van der Waals surface area contributed by atoms with Crippen molar-refractivity contribution in [2.45, 2.75) is 0 Å². The van der Waals surface area contributed by atoms with Gasteiger partial charge in [0, 0.05) is 34.3 Å². The van der Waals surface area contributed by atoms with Crippen LogP contribution < -0.4 is 0 Å². The molecule has 2 nitrogen and oxygen atoms in total. The van der Waals surface area contributed by atoms with Crippen LogP contribution in [0.1, 0.15) is 0 Å². The fraction of sp³-hybridized carbons (Fsp3) is 0. The van der Waals surface area contributed by atoms with Crippen molar-refractivity contribution in [3.05, 3.63) is 158 Å². The summed E-state index contributed by atoms with van der Waals surface area (Å²) in [5.41, 5.74) is 9.51. The highest BCUT2D eigenvalue weighted by atomic mass is 14.7. The van der Waals surface area contributed by atoms with E-state index in [9.17, 15) is 0 Å². The maximum atomic E-state index is 5.08. The fourth-order valence-corrected chi connectivity index (χ4v) is 8.34.